The first-order valence-corrected chi connectivity index (χ1v) is 6.86. The van der Waals surface area contributed by atoms with E-state index in [1.54, 1.807) is 0 Å². The largest absolute Gasteiger partial charge is 0.494 e. The Morgan fingerprint density at radius 1 is 1.45 bits per heavy atom. The average Bonchev–Trinajstić information content (AvgIpc) is 2.81. The number of nitrogens with zero attached hydrogens (tertiary/aromatic N) is 1. The molecule has 1 saturated heterocycles. The number of carbonyl (C=O) groups is 1. The minimum absolute atomic E-state index is 0.296. The van der Waals surface area contributed by atoms with Crippen LogP contribution in [0.25, 0.3) is 0 Å². The minimum Gasteiger partial charge on any atom is -0.494 e. The highest BCUT2D eigenvalue weighted by Gasteiger charge is 2.36. The van der Waals surface area contributed by atoms with Gasteiger partial charge in [0.1, 0.15) is 11.8 Å². The summed E-state index contributed by atoms with van der Waals surface area (Å²) in [6, 6.07) is 7.37. The standard InChI is InChI=1S/C15H21NO4/c1-3-20-14-7-5-4-6-11(14)9-16-10-12(17)8-13(16)15(18)19-2/h4-7,12-13,17H,3,8-10H2,1-2H3. The van der Waals surface area contributed by atoms with Crippen LogP contribution in [0.3, 0.4) is 0 Å². The number of ether oxygens (including phenoxy) is 2. The summed E-state index contributed by atoms with van der Waals surface area (Å²) >= 11 is 0. The Labute approximate surface area is 119 Å². The third kappa shape index (κ3) is 3.29. The van der Waals surface area contributed by atoms with Gasteiger partial charge in [-0.05, 0) is 13.0 Å². The number of rotatable bonds is 5. The van der Waals surface area contributed by atoms with Crippen molar-refractivity contribution in [3.8, 4) is 5.75 Å². The molecule has 0 aliphatic carbocycles. The number of hydrogen-bond donors (Lipinski definition) is 1. The van der Waals surface area contributed by atoms with Crippen LogP contribution in [0, 0.1) is 0 Å². The first-order chi connectivity index (χ1) is 9.65. The van der Waals surface area contributed by atoms with E-state index in [0.29, 0.717) is 26.1 Å². The van der Waals surface area contributed by atoms with Gasteiger partial charge in [0.15, 0.2) is 0 Å². The van der Waals surface area contributed by atoms with E-state index in [1.165, 1.54) is 7.11 Å². The van der Waals surface area contributed by atoms with Crippen molar-refractivity contribution in [3.05, 3.63) is 29.8 Å². The average molecular weight is 279 g/mol. The van der Waals surface area contributed by atoms with Gasteiger partial charge in [0.25, 0.3) is 0 Å². The Morgan fingerprint density at radius 3 is 2.90 bits per heavy atom. The molecule has 20 heavy (non-hydrogen) atoms. The fraction of sp³-hybridized carbons (Fsp3) is 0.533. The van der Waals surface area contributed by atoms with Crippen LogP contribution in [-0.4, -0.2) is 48.4 Å². The molecular formula is C15H21NO4. The molecule has 1 aliphatic rings. The molecule has 0 amide bonds. The molecule has 0 saturated carbocycles. The summed E-state index contributed by atoms with van der Waals surface area (Å²) in [4.78, 5) is 13.7. The molecule has 1 aromatic carbocycles. The Hall–Kier alpha value is -1.59. The van der Waals surface area contributed by atoms with Gasteiger partial charge in [0.2, 0.25) is 0 Å². The molecule has 1 aromatic rings. The Balaban J connectivity index is 2.13. The van der Waals surface area contributed by atoms with Crippen molar-refractivity contribution < 1.29 is 19.4 Å². The van der Waals surface area contributed by atoms with Crippen LogP contribution in [0.2, 0.25) is 0 Å². The summed E-state index contributed by atoms with van der Waals surface area (Å²) in [6.45, 7) is 3.57. The number of β-amino-alcohol motifs (C(OH)–C–C–N with tert-alkyl or cyclic N) is 1. The second-order valence-electron chi connectivity index (χ2n) is 4.90. The van der Waals surface area contributed by atoms with Gasteiger partial charge in [-0.15, -0.1) is 0 Å². The SMILES string of the molecule is CCOc1ccccc1CN1CC(O)CC1C(=O)OC. The zero-order valence-electron chi connectivity index (χ0n) is 11.9. The number of hydrogen-bond acceptors (Lipinski definition) is 5. The number of carbonyl (C=O) groups excluding carboxylic acids is 1. The van der Waals surface area contributed by atoms with Crippen molar-refractivity contribution in [1.82, 2.24) is 4.90 Å². The summed E-state index contributed by atoms with van der Waals surface area (Å²) in [5, 5.41) is 9.78. The maximum atomic E-state index is 11.8. The van der Waals surface area contributed by atoms with Crippen LogP contribution in [0.1, 0.15) is 18.9 Å². The van der Waals surface area contributed by atoms with Crippen LogP contribution >= 0.6 is 0 Å². The summed E-state index contributed by atoms with van der Waals surface area (Å²) in [5.41, 5.74) is 1.01. The summed E-state index contributed by atoms with van der Waals surface area (Å²) in [5.74, 6) is 0.524. The number of methoxy groups -OCH3 is 1. The molecule has 0 bridgehead atoms. The molecule has 1 aliphatic heterocycles. The molecule has 5 heteroatoms. The number of aliphatic hydroxyl groups is 1. The van der Waals surface area contributed by atoms with Gasteiger partial charge < -0.3 is 14.6 Å². The third-order valence-corrected chi connectivity index (χ3v) is 3.50. The molecule has 0 radical (unpaired) electrons. The fourth-order valence-electron chi connectivity index (χ4n) is 2.58. The highest BCUT2D eigenvalue weighted by atomic mass is 16.5. The molecule has 1 N–H and O–H groups in total. The van der Waals surface area contributed by atoms with Gasteiger partial charge in [0.05, 0.1) is 19.8 Å². The Kier molecular flexibility index (Phi) is 4.98. The van der Waals surface area contributed by atoms with E-state index < -0.39 is 6.10 Å². The van der Waals surface area contributed by atoms with Gasteiger partial charge in [-0.1, -0.05) is 18.2 Å². The molecule has 1 heterocycles. The molecule has 1 fully saturated rings. The summed E-state index contributed by atoms with van der Waals surface area (Å²) < 4.78 is 10.4. The van der Waals surface area contributed by atoms with Gasteiger partial charge in [-0.2, -0.15) is 0 Å². The van der Waals surface area contributed by atoms with Crippen LogP contribution in [-0.2, 0) is 16.1 Å². The van der Waals surface area contributed by atoms with E-state index in [2.05, 4.69) is 0 Å². The molecule has 2 unspecified atom stereocenters. The molecule has 2 atom stereocenters. The quantitative estimate of drug-likeness (QED) is 0.821. The molecular weight excluding hydrogens is 258 g/mol. The van der Waals surface area contributed by atoms with Gasteiger partial charge in [-0.3, -0.25) is 9.69 Å². The topological polar surface area (TPSA) is 59.0 Å². The highest BCUT2D eigenvalue weighted by molar-refractivity contribution is 5.76. The predicted molar refractivity (Wildman–Crippen MR) is 74.4 cm³/mol. The monoisotopic (exact) mass is 279 g/mol. The van der Waals surface area contributed by atoms with Crippen molar-refractivity contribution in [2.75, 3.05) is 20.3 Å². The van der Waals surface area contributed by atoms with Gasteiger partial charge in [0, 0.05) is 25.1 Å². The molecule has 2 rings (SSSR count). The number of esters is 1. The van der Waals surface area contributed by atoms with E-state index in [0.717, 1.165) is 11.3 Å². The molecule has 110 valence electrons. The van der Waals surface area contributed by atoms with Crippen molar-refractivity contribution in [2.24, 2.45) is 0 Å². The maximum Gasteiger partial charge on any atom is 0.323 e. The first kappa shape index (κ1) is 14.8. The van der Waals surface area contributed by atoms with Crippen molar-refractivity contribution in [3.63, 3.8) is 0 Å². The molecule has 5 nitrogen and oxygen atoms in total. The zero-order valence-corrected chi connectivity index (χ0v) is 11.9. The lowest BCUT2D eigenvalue weighted by Crippen LogP contribution is -2.36. The summed E-state index contributed by atoms with van der Waals surface area (Å²) in [6.07, 6.45) is -0.0675. The van der Waals surface area contributed by atoms with Crippen molar-refractivity contribution >= 4 is 5.97 Å². The highest BCUT2D eigenvalue weighted by Crippen LogP contribution is 2.25. The Bertz CT molecular complexity index is 463. The van der Waals surface area contributed by atoms with Gasteiger partial charge in [-0.25, -0.2) is 0 Å². The number of aliphatic hydroxyl groups excluding tert-OH is 1. The van der Waals surface area contributed by atoms with E-state index in [4.69, 9.17) is 9.47 Å². The van der Waals surface area contributed by atoms with Gasteiger partial charge >= 0.3 is 5.97 Å². The zero-order chi connectivity index (χ0) is 14.5. The second kappa shape index (κ2) is 6.72. The molecule has 0 aromatic heterocycles. The van der Waals surface area contributed by atoms with Crippen molar-refractivity contribution in [1.29, 1.82) is 0 Å². The predicted octanol–water partition coefficient (Wildman–Crippen LogP) is 1.19. The van der Waals surface area contributed by atoms with Crippen LogP contribution < -0.4 is 4.74 Å². The number of benzene rings is 1. The van der Waals surface area contributed by atoms with E-state index in [9.17, 15) is 9.90 Å². The van der Waals surface area contributed by atoms with E-state index in [1.807, 2.05) is 36.1 Å². The minimum atomic E-state index is -0.488. The second-order valence-corrected chi connectivity index (χ2v) is 4.90. The Morgan fingerprint density at radius 2 is 2.20 bits per heavy atom. The van der Waals surface area contributed by atoms with Crippen LogP contribution in [0.5, 0.6) is 5.75 Å². The normalized spacial score (nSPS) is 22.8. The van der Waals surface area contributed by atoms with Crippen LogP contribution in [0.4, 0.5) is 0 Å². The van der Waals surface area contributed by atoms with Crippen LogP contribution in [0.15, 0.2) is 24.3 Å². The maximum absolute atomic E-state index is 11.8. The summed E-state index contributed by atoms with van der Waals surface area (Å²) in [7, 11) is 1.37. The fourth-order valence-corrected chi connectivity index (χ4v) is 2.58. The lowest BCUT2D eigenvalue weighted by molar-refractivity contribution is -0.146. The van der Waals surface area contributed by atoms with Crippen molar-refractivity contribution in [2.45, 2.75) is 32.0 Å². The smallest absolute Gasteiger partial charge is 0.323 e. The molecule has 0 spiro atoms. The van der Waals surface area contributed by atoms with E-state index in [-0.39, 0.29) is 12.0 Å². The first-order valence-electron chi connectivity index (χ1n) is 6.86. The third-order valence-electron chi connectivity index (χ3n) is 3.50. The van der Waals surface area contributed by atoms with E-state index >= 15 is 0 Å². The number of likely N-dealkylation sites (tertiary alicyclic amines) is 1. The lowest BCUT2D eigenvalue weighted by atomic mass is 10.1. The lowest BCUT2D eigenvalue weighted by Gasteiger charge is -2.23. The number of para-hydroxylation sites is 1.